The largest absolute Gasteiger partial charge is 0.354 e. The van der Waals surface area contributed by atoms with Crippen molar-refractivity contribution in [1.29, 1.82) is 0 Å². The van der Waals surface area contributed by atoms with E-state index in [9.17, 15) is 4.79 Å². The van der Waals surface area contributed by atoms with Crippen LogP contribution in [-0.2, 0) is 0 Å². The van der Waals surface area contributed by atoms with Gasteiger partial charge in [-0.05, 0) is 57.0 Å². The SMILES string of the molecule is Cc1ccc(C)c(Nc2ccc(C(=O)NC(C)C)nc2)c1. The van der Waals surface area contributed by atoms with Gasteiger partial charge in [-0.15, -0.1) is 0 Å². The van der Waals surface area contributed by atoms with Crippen LogP contribution in [0.4, 0.5) is 11.4 Å². The number of aromatic nitrogens is 1. The van der Waals surface area contributed by atoms with Crippen molar-refractivity contribution in [3.8, 4) is 0 Å². The smallest absolute Gasteiger partial charge is 0.270 e. The van der Waals surface area contributed by atoms with Crippen molar-refractivity contribution in [1.82, 2.24) is 10.3 Å². The van der Waals surface area contributed by atoms with Crippen molar-refractivity contribution in [3.05, 3.63) is 53.3 Å². The van der Waals surface area contributed by atoms with Crippen molar-refractivity contribution < 1.29 is 4.79 Å². The Morgan fingerprint density at radius 3 is 2.52 bits per heavy atom. The lowest BCUT2D eigenvalue weighted by Gasteiger charge is -2.11. The molecule has 0 spiro atoms. The summed E-state index contributed by atoms with van der Waals surface area (Å²) in [6, 6.07) is 9.95. The average molecular weight is 283 g/mol. The van der Waals surface area contributed by atoms with E-state index in [1.165, 1.54) is 11.1 Å². The van der Waals surface area contributed by atoms with Gasteiger partial charge in [-0.25, -0.2) is 4.98 Å². The van der Waals surface area contributed by atoms with Crippen molar-refractivity contribution in [2.24, 2.45) is 0 Å². The van der Waals surface area contributed by atoms with Crippen LogP contribution in [0.25, 0.3) is 0 Å². The van der Waals surface area contributed by atoms with E-state index in [1.807, 2.05) is 19.9 Å². The zero-order valence-electron chi connectivity index (χ0n) is 12.9. The summed E-state index contributed by atoms with van der Waals surface area (Å²) >= 11 is 0. The maximum Gasteiger partial charge on any atom is 0.270 e. The number of amides is 1. The molecule has 1 heterocycles. The molecule has 110 valence electrons. The number of nitrogens with one attached hydrogen (secondary N) is 2. The highest BCUT2D eigenvalue weighted by Gasteiger charge is 2.08. The molecule has 2 aromatic rings. The molecule has 0 saturated heterocycles. The highest BCUT2D eigenvalue weighted by molar-refractivity contribution is 5.92. The topological polar surface area (TPSA) is 54.0 Å². The van der Waals surface area contributed by atoms with E-state index in [0.29, 0.717) is 5.69 Å². The molecule has 0 unspecified atom stereocenters. The molecule has 4 nitrogen and oxygen atoms in total. The molecule has 0 aliphatic heterocycles. The zero-order valence-corrected chi connectivity index (χ0v) is 12.9. The fourth-order valence-electron chi connectivity index (χ4n) is 1.96. The van der Waals surface area contributed by atoms with E-state index in [2.05, 4.69) is 47.7 Å². The number of hydrogen-bond donors (Lipinski definition) is 2. The first kappa shape index (κ1) is 15.0. The van der Waals surface area contributed by atoms with Gasteiger partial charge in [-0.2, -0.15) is 0 Å². The Morgan fingerprint density at radius 1 is 1.14 bits per heavy atom. The molecule has 2 rings (SSSR count). The molecular formula is C17H21N3O. The summed E-state index contributed by atoms with van der Waals surface area (Å²) in [5, 5.41) is 6.15. The van der Waals surface area contributed by atoms with Gasteiger partial charge in [-0.3, -0.25) is 4.79 Å². The van der Waals surface area contributed by atoms with Gasteiger partial charge in [0, 0.05) is 11.7 Å². The third-order valence-electron chi connectivity index (χ3n) is 3.09. The number of benzene rings is 1. The molecule has 1 aromatic carbocycles. The maximum absolute atomic E-state index is 11.8. The number of carbonyl (C=O) groups excluding carboxylic acids is 1. The molecule has 1 aromatic heterocycles. The van der Waals surface area contributed by atoms with Crippen molar-refractivity contribution in [2.75, 3.05) is 5.32 Å². The van der Waals surface area contributed by atoms with Gasteiger partial charge < -0.3 is 10.6 Å². The lowest BCUT2D eigenvalue weighted by molar-refractivity contribution is 0.0938. The first-order valence-electron chi connectivity index (χ1n) is 7.07. The number of carbonyl (C=O) groups is 1. The van der Waals surface area contributed by atoms with Crippen molar-refractivity contribution in [2.45, 2.75) is 33.7 Å². The Hall–Kier alpha value is -2.36. The normalized spacial score (nSPS) is 10.5. The summed E-state index contributed by atoms with van der Waals surface area (Å²) in [5.74, 6) is -0.150. The Kier molecular flexibility index (Phi) is 4.58. The highest BCUT2D eigenvalue weighted by Crippen LogP contribution is 2.21. The van der Waals surface area contributed by atoms with E-state index >= 15 is 0 Å². The molecule has 0 saturated carbocycles. The third kappa shape index (κ3) is 4.05. The van der Waals surface area contributed by atoms with E-state index in [-0.39, 0.29) is 11.9 Å². The predicted octanol–water partition coefficient (Wildman–Crippen LogP) is 3.58. The monoisotopic (exact) mass is 283 g/mol. The average Bonchev–Trinajstić information content (AvgIpc) is 2.43. The minimum atomic E-state index is -0.150. The van der Waals surface area contributed by atoms with Gasteiger partial charge in [0.15, 0.2) is 0 Å². The summed E-state index contributed by atoms with van der Waals surface area (Å²) in [6.45, 7) is 7.96. The molecule has 0 atom stereocenters. The number of hydrogen-bond acceptors (Lipinski definition) is 3. The fraction of sp³-hybridized carbons (Fsp3) is 0.294. The Morgan fingerprint density at radius 2 is 1.90 bits per heavy atom. The second-order valence-electron chi connectivity index (χ2n) is 5.50. The van der Waals surface area contributed by atoms with Crippen LogP contribution in [0.3, 0.4) is 0 Å². The number of pyridine rings is 1. The van der Waals surface area contributed by atoms with Crippen LogP contribution in [-0.4, -0.2) is 16.9 Å². The fourth-order valence-corrected chi connectivity index (χ4v) is 1.96. The van der Waals surface area contributed by atoms with E-state index in [1.54, 1.807) is 12.3 Å². The predicted molar refractivity (Wildman–Crippen MR) is 86.0 cm³/mol. The molecule has 1 amide bonds. The van der Waals surface area contributed by atoms with Crippen LogP contribution in [0.1, 0.15) is 35.5 Å². The molecule has 21 heavy (non-hydrogen) atoms. The van der Waals surface area contributed by atoms with Crippen LogP contribution < -0.4 is 10.6 Å². The van der Waals surface area contributed by atoms with E-state index in [4.69, 9.17) is 0 Å². The summed E-state index contributed by atoms with van der Waals surface area (Å²) in [7, 11) is 0. The van der Waals surface area contributed by atoms with Gasteiger partial charge in [0.2, 0.25) is 0 Å². The first-order chi connectivity index (χ1) is 9.95. The standard InChI is InChI=1S/C17H21N3O/c1-11(2)19-17(21)15-8-7-14(10-18-15)20-16-9-12(3)5-6-13(16)4/h5-11,20H,1-4H3,(H,19,21). The number of aryl methyl sites for hydroxylation is 2. The lowest BCUT2D eigenvalue weighted by atomic mass is 10.1. The molecule has 4 heteroatoms. The summed E-state index contributed by atoms with van der Waals surface area (Å²) in [4.78, 5) is 16.0. The minimum Gasteiger partial charge on any atom is -0.354 e. The molecule has 0 aliphatic carbocycles. The van der Waals surface area contributed by atoms with Gasteiger partial charge in [0.1, 0.15) is 5.69 Å². The van der Waals surface area contributed by atoms with Crippen LogP contribution >= 0.6 is 0 Å². The second-order valence-corrected chi connectivity index (χ2v) is 5.50. The van der Waals surface area contributed by atoms with Crippen LogP contribution in [0.5, 0.6) is 0 Å². The quantitative estimate of drug-likeness (QED) is 0.901. The van der Waals surface area contributed by atoms with Crippen LogP contribution in [0, 0.1) is 13.8 Å². The summed E-state index contributed by atoms with van der Waals surface area (Å²) < 4.78 is 0. The number of nitrogens with zero attached hydrogens (tertiary/aromatic N) is 1. The molecule has 2 N–H and O–H groups in total. The first-order valence-corrected chi connectivity index (χ1v) is 7.07. The maximum atomic E-state index is 11.8. The van der Waals surface area contributed by atoms with Gasteiger partial charge in [-0.1, -0.05) is 12.1 Å². The van der Waals surface area contributed by atoms with Gasteiger partial charge >= 0.3 is 0 Å². The molecular weight excluding hydrogens is 262 g/mol. The van der Waals surface area contributed by atoms with Crippen LogP contribution in [0.15, 0.2) is 36.5 Å². The Balaban J connectivity index is 2.12. The molecule has 0 radical (unpaired) electrons. The molecule has 0 bridgehead atoms. The summed E-state index contributed by atoms with van der Waals surface area (Å²) in [6.07, 6.45) is 1.68. The van der Waals surface area contributed by atoms with E-state index < -0.39 is 0 Å². The van der Waals surface area contributed by atoms with Crippen molar-refractivity contribution >= 4 is 17.3 Å². The summed E-state index contributed by atoms with van der Waals surface area (Å²) in [5.41, 5.74) is 4.71. The zero-order chi connectivity index (χ0) is 15.4. The Bertz CT molecular complexity index is 633. The van der Waals surface area contributed by atoms with Crippen LogP contribution in [0.2, 0.25) is 0 Å². The third-order valence-corrected chi connectivity index (χ3v) is 3.09. The molecule has 0 aliphatic rings. The minimum absolute atomic E-state index is 0.104. The molecule has 0 fully saturated rings. The van der Waals surface area contributed by atoms with Gasteiger partial charge in [0.05, 0.1) is 11.9 Å². The lowest BCUT2D eigenvalue weighted by Crippen LogP contribution is -2.30. The second kappa shape index (κ2) is 6.39. The number of anilines is 2. The van der Waals surface area contributed by atoms with Crippen molar-refractivity contribution in [3.63, 3.8) is 0 Å². The highest BCUT2D eigenvalue weighted by atomic mass is 16.1. The Labute approximate surface area is 125 Å². The van der Waals surface area contributed by atoms with E-state index in [0.717, 1.165) is 11.4 Å². The number of rotatable bonds is 4. The van der Waals surface area contributed by atoms with Gasteiger partial charge in [0.25, 0.3) is 5.91 Å².